The lowest BCUT2D eigenvalue weighted by Gasteiger charge is -2.39. The Morgan fingerprint density at radius 1 is 1.30 bits per heavy atom. The Morgan fingerprint density at radius 2 is 2.05 bits per heavy atom. The third-order valence-corrected chi connectivity index (χ3v) is 4.14. The minimum atomic E-state index is -0.00822. The second-order valence-electron chi connectivity index (χ2n) is 6.27. The van der Waals surface area contributed by atoms with E-state index in [0.717, 1.165) is 32.5 Å². The van der Waals surface area contributed by atoms with Crippen molar-refractivity contribution in [1.82, 2.24) is 15.5 Å². The average molecular weight is 283 g/mol. The number of hydrogen-bond acceptors (Lipinski definition) is 3. The molecule has 4 heteroatoms. The molecule has 1 aliphatic heterocycles. The van der Waals surface area contributed by atoms with Crippen molar-refractivity contribution < 1.29 is 4.79 Å². The minimum Gasteiger partial charge on any atom is -0.355 e. The highest BCUT2D eigenvalue weighted by molar-refractivity contribution is 5.81. The Hall–Kier alpha value is -0.610. The van der Waals surface area contributed by atoms with Crippen LogP contribution in [0, 0.1) is 0 Å². The number of carbonyl (C=O) groups is 1. The highest BCUT2D eigenvalue weighted by Gasteiger charge is 2.29. The van der Waals surface area contributed by atoms with E-state index >= 15 is 0 Å². The monoisotopic (exact) mass is 283 g/mol. The van der Waals surface area contributed by atoms with Gasteiger partial charge in [-0.1, -0.05) is 33.6 Å². The van der Waals surface area contributed by atoms with Crippen molar-refractivity contribution in [3.63, 3.8) is 0 Å². The lowest BCUT2D eigenvalue weighted by Crippen LogP contribution is -2.55. The molecule has 1 heterocycles. The number of rotatable bonds is 8. The maximum atomic E-state index is 12.2. The molecule has 1 aliphatic rings. The minimum absolute atomic E-state index is 0.00822. The predicted octanol–water partition coefficient (Wildman–Crippen LogP) is 2.14. The zero-order chi connectivity index (χ0) is 15.0. The summed E-state index contributed by atoms with van der Waals surface area (Å²) in [6.07, 6.45) is 5.89. The van der Waals surface area contributed by atoms with E-state index in [-0.39, 0.29) is 11.9 Å². The van der Waals surface area contributed by atoms with Gasteiger partial charge in [-0.05, 0) is 32.7 Å². The van der Waals surface area contributed by atoms with Crippen LogP contribution in [0.1, 0.15) is 59.8 Å². The average Bonchev–Trinajstić information content (AvgIpc) is 2.44. The van der Waals surface area contributed by atoms with Gasteiger partial charge in [0.25, 0.3) is 0 Å². The Bertz CT molecular complexity index is 281. The maximum absolute atomic E-state index is 12.2. The van der Waals surface area contributed by atoms with E-state index in [1.165, 1.54) is 19.3 Å². The first-order valence-electron chi connectivity index (χ1n) is 8.33. The Labute approximate surface area is 124 Å². The van der Waals surface area contributed by atoms with Gasteiger partial charge in [0.2, 0.25) is 5.91 Å². The van der Waals surface area contributed by atoms with Crippen molar-refractivity contribution in [3.05, 3.63) is 0 Å². The summed E-state index contributed by atoms with van der Waals surface area (Å²) in [5.41, 5.74) is 0. The standard InChI is InChI=1S/C16H33N3O/c1-5-6-10-17-16(20)14(4)19-11-8-7-9-15(19)12-18-13(2)3/h13-15,18H,5-12H2,1-4H3,(H,17,20). The van der Waals surface area contributed by atoms with Crippen LogP contribution < -0.4 is 10.6 Å². The van der Waals surface area contributed by atoms with Crippen LogP contribution >= 0.6 is 0 Å². The number of carbonyl (C=O) groups excluding carboxylic acids is 1. The number of unbranched alkanes of at least 4 members (excludes halogenated alkanes) is 1. The topological polar surface area (TPSA) is 44.4 Å². The van der Waals surface area contributed by atoms with Gasteiger partial charge in [-0.25, -0.2) is 0 Å². The van der Waals surface area contributed by atoms with Gasteiger partial charge < -0.3 is 10.6 Å². The van der Waals surface area contributed by atoms with E-state index in [2.05, 4.69) is 43.2 Å². The molecule has 0 spiro atoms. The zero-order valence-corrected chi connectivity index (χ0v) is 13.7. The molecule has 0 bridgehead atoms. The van der Waals surface area contributed by atoms with Crippen molar-refractivity contribution in [2.24, 2.45) is 0 Å². The molecule has 1 amide bonds. The molecular weight excluding hydrogens is 250 g/mol. The van der Waals surface area contributed by atoms with E-state index < -0.39 is 0 Å². The lowest BCUT2D eigenvalue weighted by molar-refractivity contribution is -0.127. The number of hydrogen-bond donors (Lipinski definition) is 2. The summed E-state index contributed by atoms with van der Waals surface area (Å²) in [4.78, 5) is 14.6. The van der Waals surface area contributed by atoms with Gasteiger partial charge in [0.05, 0.1) is 6.04 Å². The molecule has 1 saturated heterocycles. The summed E-state index contributed by atoms with van der Waals surface area (Å²) in [5, 5.41) is 6.58. The highest BCUT2D eigenvalue weighted by Crippen LogP contribution is 2.19. The van der Waals surface area contributed by atoms with Crippen molar-refractivity contribution in [2.45, 2.75) is 77.9 Å². The number of piperidine rings is 1. The van der Waals surface area contributed by atoms with Gasteiger partial charge in [-0.3, -0.25) is 9.69 Å². The summed E-state index contributed by atoms with van der Waals surface area (Å²) in [5.74, 6) is 0.190. The number of nitrogens with zero attached hydrogens (tertiary/aromatic N) is 1. The maximum Gasteiger partial charge on any atom is 0.237 e. The first-order valence-corrected chi connectivity index (χ1v) is 8.33. The van der Waals surface area contributed by atoms with Crippen LogP contribution in [0.15, 0.2) is 0 Å². The van der Waals surface area contributed by atoms with Crippen LogP contribution in [0.4, 0.5) is 0 Å². The predicted molar refractivity (Wildman–Crippen MR) is 84.9 cm³/mol. The third kappa shape index (κ3) is 5.80. The quantitative estimate of drug-likeness (QED) is 0.671. The molecule has 0 aromatic carbocycles. The molecular formula is C16H33N3O. The molecule has 2 N–H and O–H groups in total. The second-order valence-corrected chi connectivity index (χ2v) is 6.27. The van der Waals surface area contributed by atoms with Gasteiger partial charge in [0.15, 0.2) is 0 Å². The van der Waals surface area contributed by atoms with Gasteiger partial charge >= 0.3 is 0 Å². The van der Waals surface area contributed by atoms with E-state index in [1.807, 2.05) is 0 Å². The van der Waals surface area contributed by atoms with Gasteiger partial charge in [0.1, 0.15) is 0 Å². The lowest BCUT2D eigenvalue weighted by atomic mass is 9.99. The zero-order valence-electron chi connectivity index (χ0n) is 13.7. The summed E-state index contributed by atoms with van der Waals surface area (Å²) < 4.78 is 0. The van der Waals surface area contributed by atoms with Crippen LogP contribution in [-0.4, -0.2) is 48.6 Å². The summed E-state index contributed by atoms with van der Waals surface area (Å²) in [6.45, 7) is 11.4. The van der Waals surface area contributed by atoms with Crippen molar-refractivity contribution in [1.29, 1.82) is 0 Å². The van der Waals surface area contributed by atoms with E-state index in [0.29, 0.717) is 12.1 Å². The molecule has 0 radical (unpaired) electrons. The molecule has 2 atom stereocenters. The molecule has 2 unspecified atom stereocenters. The molecule has 1 rings (SSSR count). The molecule has 118 valence electrons. The van der Waals surface area contributed by atoms with Crippen LogP contribution in [0.3, 0.4) is 0 Å². The molecule has 0 aliphatic carbocycles. The van der Waals surface area contributed by atoms with E-state index in [1.54, 1.807) is 0 Å². The Balaban J connectivity index is 2.48. The highest BCUT2D eigenvalue weighted by atomic mass is 16.2. The molecule has 0 aromatic rings. The van der Waals surface area contributed by atoms with Gasteiger partial charge in [0, 0.05) is 25.2 Å². The fourth-order valence-electron chi connectivity index (χ4n) is 2.81. The normalized spacial score (nSPS) is 21.9. The summed E-state index contributed by atoms with van der Waals surface area (Å²) in [6, 6.07) is 0.997. The molecule has 4 nitrogen and oxygen atoms in total. The van der Waals surface area contributed by atoms with Gasteiger partial charge in [-0.15, -0.1) is 0 Å². The molecule has 20 heavy (non-hydrogen) atoms. The Morgan fingerprint density at radius 3 is 2.70 bits per heavy atom. The van der Waals surface area contributed by atoms with Crippen LogP contribution in [0.25, 0.3) is 0 Å². The van der Waals surface area contributed by atoms with E-state index in [9.17, 15) is 4.79 Å². The summed E-state index contributed by atoms with van der Waals surface area (Å²) in [7, 11) is 0. The number of likely N-dealkylation sites (tertiary alicyclic amines) is 1. The third-order valence-electron chi connectivity index (χ3n) is 4.14. The number of amides is 1. The SMILES string of the molecule is CCCCNC(=O)C(C)N1CCCCC1CNC(C)C. The van der Waals surface area contributed by atoms with Gasteiger partial charge in [-0.2, -0.15) is 0 Å². The van der Waals surface area contributed by atoms with Crippen molar-refractivity contribution in [3.8, 4) is 0 Å². The largest absolute Gasteiger partial charge is 0.355 e. The second kappa shape index (κ2) is 9.35. The first kappa shape index (κ1) is 17.4. The fourth-order valence-corrected chi connectivity index (χ4v) is 2.81. The van der Waals surface area contributed by atoms with Crippen molar-refractivity contribution in [2.75, 3.05) is 19.6 Å². The molecule has 0 aromatic heterocycles. The van der Waals surface area contributed by atoms with Crippen LogP contribution in [-0.2, 0) is 4.79 Å². The molecule has 1 fully saturated rings. The van der Waals surface area contributed by atoms with Crippen molar-refractivity contribution >= 4 is 5.91 Å². The van der Waals surface area contributed by atoms with Crippen LogP contribution in [0.5, 0.6) is 0 Å². The first-order chi connectivity index (χ1) is 9.56. The fraction of sp³-hybridized carbons (Fsp3) is 0.938. The smallest absolute Gasteiger partial charge is 0.237 e. The van der Waals surface area contributed by atoms with Crippen LogP contribution in [0.2, 0.25) is 0 Å². The summed E-state index contributed by atoms with van der Waals surface area (Å²) >= 11 is 0. The Kier molecular flexibility index (Phi) is 8.15. The van der Waals surface area contributed by atoms with E-state index in [4.69, 9.17) is 0 Å². The number of nitrogens with one attached hydrogen (secondary N) is 2. The molecule has 0 saturated carbocycles.